The van der Waals surface area contributed by atoms with Crippen LogP contribution < -0.4 is 0 Å². The van der Waals surface area contributed by atoms with Crippen molar-refractivity contribution in [3.63, 3.8) is 0 Å². The van der Waals surface area contributed by atoms with Gasteiger partial charge in [-0.1, -0.05) is 30.0 Å². The second-order valence-electron chi connectivity index (χ2n) is 3.25. The maximum atomic E-state index is 10.9. The molecule has 0 aliphatic carbocycles. The molecular formula is C12H11BrO3S. The molecule has 90 valence electrons. The first-order chi connectivity index (χ1) is 8.00. The number of carbonyl (C=O) groups is 2. The molecule has 0 aliphatic heterocycles. The van der Waals surface area contributed by atoms with Gasteiger partial charge in [-0.15, -0.1) is 0 Å². The molecule has 5 heteroatoms. The number of carboxylic acid groups (broad SMARTS) is 1. The van der Waals surface area contributed by atoms with Gasteiger partial charge in [-0.05, 0) is 33.6 Å². The summed E-state index contributed by atoms with van der Waals surface area (Å²) in [5.74, 6) is -0.376. The normalized spacial score (nSPS) is 10.7. The first-order valence-electron chi connectivity index (χ1n) is 4.83. The highest BCUT2D eigenvalue weighted by Crippen LogP contribution is 2.19. The largest absolute Gasteiger partial charge is 0.478 e. The van der Waals surface area contributed by atoms with Gasteiger partial charge in [0.05, 0.1) is 5.56 Å². The summed E-state index contributed by atoms with van der Waals surface area (Å²) >= 11 is 4.39. The quantitative estimate of drug-likeness (QED) is 0.925. The maximum absolute atomic E-state index is 10.9. The Kier molecular flexibility index (Phi) is 5.44. The first-order valence-corrected chi connectivity index (χ1v) is 6.61. The predicted molar refractivity (Wildman–Crippen MR) is 73.3 cm³/mol. The zero-order valence-electron chi connectivity index (χ0n) is 9.14. The minimum absolute atomic E-state index is 0.0664. The van der Waals surface area contributed by atoms with Gasteiger partial charge in [-0.25, -0.2) is 4.79 Å². The number of thioether (sulfide) groups is 1. The van der Waals surface area contributed by atoms with Crippen molar-refractivity contribution in [2.45, 2.75) is 6.92 Å². The predicted octanol–water partition coefficient (Wildman–Crippen LogP) is 3.44. The van der Waals surface area contributed by atoms with E-state index in [1.165, 1.54) is 18.7 Å². The fourth-order valence-electron chi connectivity index (χ4n) is 1.16. The van der Waals surface area contributed by atoms with Crippen molar-refractivity contribution in [1.82, 2.24) is 0 Å². The highest BCUT2D eigenvalue weighted by Gasteiger charge is 2.07. The van der Waals surface area contributed by atoms with Crippen LogP contribution in [0, 0.1) is 0 Å². The molecule has 3 nitrogen and oxygen atoms in total. The van der Waals surface area contributed by atoms with Crippen LogP contribution in [0.15, 0.2) is 28.7 Å². The molecule has 0 spiro atoms. The van der Waals surface area contributed by atoms with E-state index in [0.717, 1.165) is 5.56 Å². The number of carboxylic acids is 1. The maximum Gasteiger partial charge on any atom is 0.336 e. The van der Waals surface area contributed by atoms with Crippen LogP contribution in [0.4, 0.5) is 0 Å². The van der Waals surface area contributed by atoms with Gasteiger partial charge in [0.1, 0.15) is 0 Å². The fourth-order valence-corrected chi connectivity index (χ4v) is 2.00. The number of rotatable bonds is 4. The molecule has 1 aromatic rings. The van der Waals surface area contributed by atoms with E-state index >= 15 is 0 Å². The molecule has 0 bridgehead atoms. The summed E-state index contributed by atoms with van der Waals surface area (Å²) in [6.07, 6.45) is 3.63. The van der Waals surface area contributed by atoms with Crippen molar-refractivity contribution in [2.24, 2.45) is 0 Å². The molecule has 1 rings (SSSR count). The Morgan fingerprint density at radius 3 is 2.76 bits per heavy atom. The van der Waals surface area contributed by atoms with Crippen LogP contribution in [-0.4, -0.2) is 21.9 Å². The van der Waals surface area contributed by atoms with E-state index in [1.807, 2.05) is 12.1 Å². The monoisotopic (exact) mass is 314 g/mol. The van der Waals surface area contributed by atoms with Crippen LogP contribution >= 0.6 is 27.7 Å². The first kappa shape index (κ1) is 14.0. The second kappa shape index (κ2) is 6.61. The molecule has 0 aliphatic rings. The van der Waals surface area contributed by atoms with E-state index in [-0.39, 0.29) is 10.7 Å². The zero-order valence-corrected chi connectivity index (χ0v) is 11.5. The molecule has 0 unspecified atom stereocenters. The smallest absolute Gasteiger partial charge is 0.336 e. The lowest BCUT2D eigenvalue weighted by atomic mass is 10.1. The van der Waals surface area contributed by atoms with Crippen molar-refractivity contribution in [1.29, 1.82) is 0 Å². The van der Waals surface area contributed by atoms with Gasteiger partial charge < -0.3 is 5.11 Å². The molecular weight excluding hydrogens is 304 g/mol. The third-order valence-corrected chi connectivity index (χ3v) is 3.37. The van der Waals surface area contributed by atoms with Crippen LogP contribution in [0.25, 0.3) is 6.08 Å². The standard InChI is InChI=1S/C12H11BrO3S/c1-8(14)17-6-2-3-9-4-5-11(13)10(7-9)12(15)16/h2-5,7H,6H2,1H3,(H,15,16). The van der Waals surface area contributed by atoms with E-state index in [0.29, 0.717) is 10.2 Å². The van der Waals surface area contributed by atoms with E-state index in [2.05, 4.69) is 15.9 Å². The van der Waals surface area contributed by atoms with E-state index < -0.39 is 5.97 Å². The molecule has 0 saturated carbocycles. The summed E-state index contributed by atoms with van der Waals surface area (Å²) in [6, 6.07) is 5.09. The average Bonchev–Trinajstić information content (AvgIpc) is 2.25. The summed E-state index contributed by atoms with van der Waals surface area (Å²) in [4.78, 5) is 21.6. The fraction of sp³-hybridized carbons (Fsp3) is 0.167. The lowest BCUT2D eigenvalue weighted by Gasteiger charge is -2.00. The summed E-state index contributed by atoms with van der Waals surface area (Å²) in [6.45, 7) is 1.51. The topological polar surface area (TPSA) is 54.4 Å². The summed E-state index contributed by atoms with van der Waals surface area (Å²) in [7, 11) is 0. The number of carbonyl (C=O) groups excluding carboxylic acids is 1. The van der Waals surface area contributed by atoms with Gasteiger partial charge >= 0.3 is 5.97 Å². The van der Waals surface area contributed by atoms with Crippen LogP contribution in [0.1, 0.15) is 22.8 Å². The molecule has 0 atom stereocenters. The van der Waals surface area contributed by atoms with Crippen molar-refractivity contribution >= 4 is 44.9 Å². The molecule has 0 radical (unpaired) electrons. The Morgan fingerprint density at radius 2 is 2.18 bits per heavy atom. The Hall–Kier alpha value is -1.07. The summed E-state index contributed by atoms with van der Waals surface area (Å²) in [5, 5.41) is 9.00. The summed E-state index contributed by atoms with van der Waals surface area (Å²) < 4.78 is 0.556. The Labute approximate surface area is 112 Å². The number of aromatic carboxylic acids is 1. The molecule has 1 aromatic carbocycles. The van der Waals surface area contributed by atoms with Crippen molar-refractivity contribution < 1.29 is 14.7 Å². The molecule has 0 heterocycles. The Balaban J connectivity index is 2.75. The van der Waals surface area contributed by atoms with Gasteiger partial charge in [-0.2, -0.15) is 0 Å². The number of halogens is 1. The lowest BCUT2D eigenvalue weighted by molar-refractivity contribution is -0.109. The van der Waals surface area contributed by atoms with Gasteiger partial charge in [0.15, 0.2) is 5.12 Å². The molecule has 0 saturated heterocycles. The van der Waals surface area contributed by atoms with Gasteiger partial charge in [0.2, 0.25) is 0 Å². The minimum atomic E-state index is -0.967. The van der Waals surface area contributed by atoms with E-state index in [4.69, 9.17) is 5.11 Å². The SMILES string of the molecule is CC(=O)SCC=Cc1ccc(Br)c(C(=O)O)c1. The Bertz CT molecular complexity index is 469. The molecule has 0 aromatic heterocycles. The van der Waals surface area contributed by atoms with Gasteiger partial charge in [0, 0.05) is 17.1 Å². The van der Waals surface area contributed by atoms with E-state index in [9.17, 15) is 9.59 Å². The van der Waals surface area contributed by atoms with E-state index in [1.54, 1.807) is 18.2 Å². The highest BCUT2D eigenvalue weighted by atomic mass is 79.9. The van der Waals surface area contributed by atoms with Crippen molar-refractivity contribution in [3.8, 4) is 0 Å². The molecule has 17 heavy (non-hydrogen) atoms. The zero-order chi connectivity index (χ0) is 12.8. The average molecular weight is 315 g/mol. The minimum Gasteiger partial charge on any atom is -0.478 e. The third-order valence-electron chi connectivity index (χ3n) is 1.91. The summed E-state index contributed by atoms with van der Waals surface area (Å²) in [5.41, 5.74) is 1.03. The highest BCUT2D eigenvalue weighted by molar-refractivity contribution is 9.10. The van der Waals surface area contributed by atoms with Gasteiger partial charge in [-0.3, -0.25) is 4.79 Å². The van der Waals surface area contributed by atoms with Crippen LogP contribution in [0.5, 0.6) is 0 Å². The van der Waals surface area contributed by atoms with Crippen LogP contribution in [0.3, 0.4) is 0 Å². The number of hydrogen-bond donors (Lipinski definition) is 1. The van der Waals surface area contributed by atoms with Crippen LogP contribution in [0.2, 0.25) is 0 Å². The molecule has 1 N–H and O–H groups in total. The van der Waals surface area contributed by atoms with Gasteiger partial charge in [0.25, 0.3) is 0 Å². The third kappa shape index (κ3) is 4.75. The second-order valence-corrected chi connectivity index (χ2v) is 5.30. The Morgan fingerprint density at radius 1 is 1.47 bits per heavy atom. The number of benzene rings is 1. The lowest BCUT2D eigenvalue weighted by Crippen LogP contribution is -1.97. The van der Waals surface area contributed by atoms with Crippen molar-refractivity contribution in [3.05, 3.63) is 39.9 Å². The molecule has 0 fully saturated rings. The number of hydrogen-bond acceptors (Lipinski definition) is 3. The molecule has 0 amide bonds. The van der Waals surface area contributed by atoms with Crippen LogP contribution in [-0.2, 0) is 4.79 Å². The van der Waals surface area contributed by atoms with Crippen molar-refractivity contribution in [2.75, 3.05) is 5.75 Å².